The number of hydrogen-bond donors (Lipinski definition) is 0. The molecule has 7 nitrogen and oxygen atoms in total. The SMILES string of the molecule is COC[C@H]1c2c(cnn2CC2CCOCC2)CCN1c1ncccn1. The third kappa shape index (κ3) is 3.39. The smallest absolute Gasteiger partial charge is 0.225 e. The van der Waals surface area contributed by atoms with Crippen LogP contribution in [0.4, 0.5) is 5.95 Å². The second-order valence-corrected chi connectivity index (χ2v) is 6.76. The van der Waals surface area contributed by atoms with E-state index in [1.54, 1.807) is 19.5 Å². The second-order valence-electron chi connectivity index (χ2n) is 6.76. The molecule has 2 aromatic heterocycles. The number of fused-ring (bicyclic) bond motifs is 1. The van der Waals surface area contributed by atoms with E-state index >= 15 is 0 Å². The summed E-state index contributed by atoms with van der Waals surface area (Å²) in [4.78, 5) is 11.1. The monoisotopic (exact) mass is 343 g/mol. The molecule has 0 spiro atoms. The Morgan fingerprint density at radius 1 is 1.24 bits per heavy atom. The molecule has 1 saturated heterocycles. The molecule has 0 bridgehead atoms. The summed E-state index contributed by atoms with van der Waals surface area (Å²) < 4.78 is 13.2. The Kier molecular flexibility index (Phi) is 4.94. The molecule has 134 valence electrons. The van der Waals surface area contributed by atoms with Crippen LogP contribution >= 0.6 is 0 Å². The Labute approximate surface area is 148 Å². The van der Waals surface area contributed by atoms with Crippen LogP contribution in [0, 0.1) is 5.92 Å². The van der Waals surface area contributed by atoms with Gasteiger partial charge in [-0.3, -0.25) is 4.68 Å². The van der Waals surface area contributed by atoms with Crippen LogP contribution in [0.1, 0.15) is 30.1 Å². The zero-order valence-corrected chi connectivity index (χ0v) is 14.7. The number of anilines is 1. The van der Waals surface area contributed by atoms with Gasteiger partial charge in [0.2, 0.25) is 5.95 Å². The van der Waals surface area contributed by atoms with Gasteiger partial charge in [0, 0.05) is 45.8 Å². The molecule has 25 heavy (non-hydrogen) atoms. The number of hydrogen-bond acceptors (Lipinski definition) is 6. The Morgan fingerprint density at radius 3 is 2.80 bits per heavy atom. The van der Waals surface area contributed by atoms with Crippen molar-refractivity contribution in [1.82, 2.24) is 19.7 Å². The molecule has 0 radical (unpaired) electrons. The third-order valence-corrected chi connectivity index (χ3v) is 5.18. The van der Waals surface area contributed by atoms with Crippen molar-refractivity contribution in [2.75, 3.05) is 38.4 Å². The lowest BCUT2D eigenvalue weighted by atomic mass is 9.98. The Bertz CT molecular complexity index is 684. The minimum Gasteiger partial charge on any atom is -0.382 e. The zero-order chi connectivity index (χ0) is 17.1. The molecule has 2 aliphatic rings. The molecule has 0 saturated carbocycles. The maximum Gasteiger partial charge on any atom is 0.225 e. The summed E-state index contributed by atoms with van der Waals surface area (Å²) in [6.45, 7) is 4.15. The minimum absolute atomic E-state index is 0.0958. The lowest BCUT2D eigenvalue weighted by Crippen LogP contribution is -2.40. The van der Waals surface area contributed by atoms with E-state index in [1.165, 1.54) is 11.3 Å². The molecule has 1 fully saturated rings. The molecule has 4 heterocycles. The molecule has 4 rings (SSSR count). The fraction of sp³-hybridized carbons (Fsp3) is 0.611. The standard InChI is InChI=1S/C18H25N5O2/c1-24-13-16-17-15(3-8-22(16)18-19-6-2-7-20-18)11-21-23(17)12-14-4-9-25-10-5-14/h2,6-7,11,14,16H,3-5,8-10,12-13H2,1H3/t16-/m0/s1. The van der Waals surface area contributed by atoms with Gasteiger partial charge in [-0.1, -0.05) is 0 Å². The highest BCUT2D eigenvalue weighted by molar-refractivity contribution is 5.40. The second kappa shape index (κ2) is 7.49. The van der Waals surface area contributed by atoms with Crippen LogP contribution in [0.3, 0.4) is 0 Å². The van der Waals surface area contributed by atoms with E-state index in [0.29, 0.717) is 12.5 Å². The Hall–Kier alpha value is -1.99. The van der Waals surface area contributed by atoms with E-state index in [-0.39, 0.29) is 6.04 Å². The summed E-state index contributed by atoms with van der Waals surface area (Å²) >= 11 is 0. The summed E-state index contributed by atoms with van der Waals surface area (Å²) in [7, 11) is 1.75. The van der Waals surface area contributed by atoms with Crippen LogP contribution < -0.4 is 4.90 Å². The highest BCUT2D eigenvalue weighted by Gasteiger charge is 2.33. The average Bonchev–Trinajstić information content (AvgIpc) is 3.07. The molecule has 7 heteroatoms. The van der Waals surface area contributed by atoms with Gasteiger partial charge >= 0.3 is 0 Å². The first-order chi connectivity index (χ1) is 12.4. The predicted molar refractivity (Wildman–Crippen MR) is 93.5 cm³/mol. The molecule has 0 aliphatic carbocycles. The number of ether oxygens (including phenoxy) is 2. The van der Waals surface area contributed by atoms with Gasteiger partial charge in [-0.2, -0.15) is 5.10 Å². The van der Waals surface area contributed by atoms with Gasteiger partial charge in [-0.25, -0.2) is 9.97 Å². The van der Waals surface area contributed by atoms with Crippen LogP contribution in [0.15, 0.2) is 24.7 Å². The van der Waals surface area contributed by atoms with Gasteiger partial charge in [-0.05, 0) is 36.8 Å². The maximum absolute atomic E-state index is 5.55. The van der Waals surface area contributed by atoms with Crippen LogP contribution in [-0.2, 0) is 22.4 Å². The molecule has 0 N–H and O–H groups in total. The van der Waals surface area contributed by atoms with Crippen molar-refractivity contribution in [2.45, 2.75) is 31.8 Å². The van der Waals surface area contributed by atoms with Crippen molar-refractivity contribution >= 4 is 5.95 Å². The van der Waals surface area contributed by atoms with Gasteiger partial charge in [0.15, 0.2) is 0 Å². The van der Waals surface area contributed by atoms with Gasteiger partial charge in [-0.15, -0.1) is 0 Å². The summed E-state index contributed by atoms with van der Waals surface area (Å²) in [6, 6.07) is 1.94. The lowest BCUT2D eigenvalue weighted by Gasteiger charge is -2.36. The topological polar surface area (TPSA) is 65.3 Å². The Balaban J connectivity index is 1.63. The van der Waals surface area contributed by atoms with Crippen molar-refractivity contribution in [2.24, 2.45) is 5.92 Å². The molecule has 0 unspecified atom stereocenters. The van der Waals surface area contributed by atoms with Crippen molar-refractivity contribution < 1.29 is 9.47 Å². The van der Waals surface area contributed by atoms with E-state index in [2.05, 4.69) is 19.5 Å². The first-order valence-electron chi connectivity index (χ1n) is 9.01. The van der Waals surface area contributed by atoms with E-state index in [9.17, 15) is 0 Å². The summed E-state index contributed by atoms with van der Waals surface area (Å²) in [5.41, 5.74) is 2.58. The fourth-order valence-corrected chi connectivity index (χ4v) is 3.88. The lowest BCUT2D eigenvalue weighted by molar-refractivity contribution is 0.0594. The van der Waals surface area contributed by atoms with Crippen LogP contribution in [0.5, 0.6) is 0 Å². The van der Waals surface area contributed by atoms with Crippen molar-refractivity contribution in [3.05, 3.63) is 35.9 Å². The van der Waals surface area contributed by atoms with Crippen LogP contribution in [0.2, 0.25) is 0 Å². The first kappa shape index (κ1) is 16.5. The number of rotatable bonds is 5. The highest BCUT2D eigenvalue weighted by atomic mass is 16.5. The van der Waals surface area contributed by atoms with Gasteiger partial charge in [0.1, 0.15) is 0 Å². The molecular formula is C18H25N5O2. The van der Waals surface area contributed by atoms with Crippen molar-refractivity contribution in [1.29, 1.82) is 0 Å². The molecular weight excluding hydrogens is 318 g/mol. The predicted octanol–water partition coefficient (Wildman–Crippen LogP) is 1.85. The largest absolute Gasteiger partial charge is 0.382 e. The molecule has 2 aliphatic heterocycles. The van der Waals surface area contributed by atoms with Gasteiger partial charge in [0.05, 0.1) is 24.5 Å². The summed E-state index contributed by atoms with van der Waals surface area (Å²) in [6.07, 6.45) is 8.79. The highest BCUT2D eigenvalue weighted by Crippen LogP contribution is 2.33. The van der Waals surface area contributed by atoms with Gasteiger partial charge < -0.3 is 14.4 Å². The zero-order valence-electron chi connectivity index (χ0n) is 14.7. The normalized spacial score (nSPS) is 21.3. The van der Waals surface area contributed by atoms with Gasteiger partial charge in [0.25, 0.3) is 0 Å². The minimum atomic E-state index is 0.0958. The Morgan fingerprint density at radius 2 is 2.04 bits per heavy atom. The van der Waals surface area contributed by atoms with E-state index in [0.717, 1.165) is 51.5 Å². The molecule has 1 atom stereocenters. The van der Waals surface area contributed by atoms with E-state index in [1.807, 2.05) is 12.3 Å². The number of nitrogens with zero attached hydrogens (tertiary/aromatic N) is 5. The number of aromatic nitrogens is 4. The molecule has 2 aromatic rings. The fourth-order valence-electron chi connectivity index (χ4n) is 3.88. The maximum atomic E-state index is 5.55. The van der Waals surface area contributed by atoms with Crippen LogP contribution in [0.25, 0.3) is 0 Å². The quantitative estimate of drug-likeness (QED) is 0.825. The first-order valence-corrected chi connectivity index (χ1v) is 9.01. The molecule has 0 amide bonds. The van der Waals surface area contributed by atoms with E-state index in [4.69, 9.17) is 14.6 Å². The average molecular weight is 343 g/mol. The summed E-state index contributed by atoms with van der Waals surface area (Å²) in [5.74, 6) is 1.39. The van der Waals surface area contributed by atoms with Crippen molar-refractivity contribution in [3.8, 4) is 0 Å². The third-order valence-electron chi connectivity index (χ3n) is 5.18. The van der Waals surface area contributed by atoms with E-state index < -0.39 is 0 Å². The number of methoxy groups -OCH3 is 1. The molecule has 0 aromatic carbocycles. The van der Waals surface area contributed by atoms with Crippen LogP contribution in [-0.4, -0.2) is 53.2 Å². The summed E-state index contributed by atoms with van der Waals surface area (Å²) in [5, 5.41) is 4.71. The van der Waals surface area contributed by atoms with Crippen molar-refractivity contribution in [3.63, 3.8) is 0 Å².